The standard InChI is InChI=1S/C15H10F4O2/c16-12-6-10(8-20)7-13(17)14(12)21-9-15(18,19)11-4-2-1-3-5-11/h1-8H,9H2. The highest BCUT2D eigenvalue weighted by Gasteiger charge is 2.33. The van der Waals surface area contributed by atoms with Crippen molar-refractivity contribution >= 4 is 6.29 Å². The molecule has 0 aliphatic carbocycles. The van der Waals surface area contributed by atoms with Crippen LogP contribution < -0.4 is 4.74 Å². The van der Waals surface area contributed by atoms with Gasteiger partial charge in [-0.3, -0.25) is 4.79 Å². The van der Waals surface area contributed by atoms with Gasteiger partial charge in [0.25, 0.3) is 0 Å². The molecule has 0 saturated carbocycles. The quantitative estimate of drug-likeness (QED) is 0.617. The molecule has 2 nitrogen and oxygen atoms in total. The summed E-state index contributed by atoms with van der Waals surface area (Å²) < 4.78 is 59.2. The number of benzene rings is 2. The number of hydrogen-bond acceptors (Lipinski definition) is 2. The molecule has 0 atom stereocenters. The van der Waals surface area contributed by atoms with Crippen LogP contribution >= 0.6 is 0 Å². The Bertz CT molecular complexity index is 618. The lowest BCUT2D eigenvalue weighted by Gasteiger charge is -2.18. The van der Waals surface area contributed by atoms with E-state index >= 15 is 0 Å². The van der Waals surface area contributed by atoms with E-state index in [0.29, 0.717) is 12.1 Å². The fourth-order valence-corrected chi connectivity index (χ4v) is 1.71. The monoisotopic (exact) mass is 298 g/mol. The highest BCUT2D eigenvalue weighted by Crippen LogP contribution is 2.30. The number of halogens is 4. The average Bonchev–Trinajstić information content (AvgIpc) is 2.47. The second-order valence-corrected chi connectivity index (χ2v) is 4.29. The van der Waals surface area contributed by atoms with Crippen molar-refractivity contribution in [2.24, 2.45) is 0 Å². The van der Waals surface area contributed by atoms with Gasteiger partial charge in [-0.25, -0.2) is 8.78 Å². The number of carbonyl (C=O) groups is 1. The molecule has 0 fully saturated rings. The van der Waals surface area contributed by atoms with Crippen LogP contribution in [0.1, 0.15) is 15.9 Å². The summed E-state index contributed by atoms with van der Waals surface area (Å²) in [6.07, 6.45) is 0.245. The molecular formula is C15H10F4O2. The molecule has 2 aromatic rings. The maximum absolute atomic E-state index is 13.8. The van der Waals surface area contributed by atoms with Gasteiger partial charge in [0.2, 0.25) is 0 Å². The molecule has 110 valence electrons. The average molecular weight is 298 g/mol. The number of alkyl halides is 2. The molecule has 0 N–H and O–H groups in total. The summed E-state index contributed by atoms with van der Waals surface area (Å²) in [6, 6.07) is 8.21. The number of aldehydes is 1. The maximum Gasteiger partial charge on any atom is 0.306 e. The SMILES string of the molecule is O=Cc1cc(F)c(OCC(F)(F)c2ccccc2)c(F)c1. The van der Waals surface area contributed by atoms with Crippen molar-refractivity contribution in [3.63, 3.8) is 0 Å². The first kappa shape index (κ1) is 15.0. The van der Waals surface area contributed by atoms with E-state index in [1.807, 2.05) is 0 Å². The largest absolute Gasteiger partial charge is 0.481 e. The molecular weight excluding hydrogens is 288 g/mol. The van der Waals surface area contributed by atoms with Crippen LogP contribution in [0, 0.1) is 11.6 Å². The van der Waals surface area contributed by atoms with E-state index in [1.165, 1.54) is 24.3 Å². The molecule has 6 heteroatoms. The summed E-state index contributed by atoms with van der Waals surface area (Å²) in [6.45, 7) is -1.22. The highest BCUT2D eigenvalue weighted by molar-refractivity contribution is 5.75. The molecule has 0 bridgehead atoms. The minimum Gasteiger partial charge on any atom is -0.481 e. The minimum atomic E-state index is -3.40. The van der Waals surface area contributed by atoms with E-state index in [0.717, 1.165) is 0 Å². The Balaban J connectivity index is 2.18. The Morgan fingerprint density at radius 1 is 1.05 bits per heavy atom. The predicted octanol–water partition coefficient (Wildman–Crippen LogP) is 3.95. The first-order valence-corrected chi connectivity index (χ1v) is 5.94. The second kappa shape index (κ2) is 5.95. The van der Waals surface area contributed by atoms with Gasteiger partial charge in [-0.15, -0.1) is 0 Å². The predicted molar refractivity (Wildman–Crippen MR) is 67.6 cm³/mol. The van der Waals surface area contributed by atoms with E-state index in [2.05, 4.69) is 4.74 Å². The molecule has 0 unspecified atom stereocenters. The van der Waals surface area contributed by atoms with E-state index in [9.17, 15) is 22.4 Å². The van der Waals surface area contributed by atoms with Crippen molar-refractivity contribution in [2.45, 2.75) is 5.92 Å². The zero-order valence-electron chi connectivity index (χ0n) is 10.7. The van der Waals surface area contributed by atoms with Crippen LogP contribution in [0.4, 0.5) is 17.6 Å². The lowest BCUT2D eigenvalue weighted by atomic mass is 10.1. The molecule has 0 aliphatic rings. The first-order valence-electron chi connectivity index (χ1n) is 5.94. The summed E-state index contributed by atoms with van der Waals surface area (Å²) in [5, 5.41) is 0. The van der Waals surface area contributed by atoms with Crippen LogP contribution in [0.3, 0.4) is 0 Å². The summed E-state index contributed by atoms with van der Waals surface area (Å²) in [5.41, 5.74) is -0.567. The summed E-state index contributed by atoms with van der Waals surface area (Å²) in [4.78, 5) is 10.4. The summed E-state index contributed by atoms with van der Waals surface area (Å²) >= 11 is 0. The lowest BCUT2D eigenvalue weighted by molar-refractivity contribution is -0.0484. The Labute approximate surface area is 118 Å². The zero-order valence-corrected chi connectivity index (χ0v) is 10.7. The van der Waals surface area contributed by atoms with Crippen LogP contribution in [0.2, 0.25) is 0 Å². The van der Waals surface area contributed by atoms with Crippen molar-refractivity contribution in [3.05, 3.63) is 65.2 Å². The molecule has 0 aromatic heterocycles. The third kappa shape index (κ3) is 3.39. The molecule has 0 saturated heterocycles. The first-order chi connectivity index (χ1) is 9.94. The third-order valence-corrected chi connectivity index (χ3v) is 2.75. The number of rotatable bonds is 5. The molecule has 0 radical (unpaired) electrons. The molecule has 2 aromatic carbocycles. The van der Waals surface area contributed by atoms with Gasteiger partial charge in [0, 0.05) is 11.1 Å². The molecule has 2 rings (SSSR count). The summed E-state index contributed by atoms with van der Waals surface area (Å²) in [5.74, 6) is -6.75. The van der Waals surface area contributed by atoms with Crippen LogP contribution in [-0.4, -0.2) is 12.9 Å². The van der Waals surface area contributed by atoms with Gasteiger partial charge in [-0.05, 0) is 12.1 Å². The van der Waals surface area contributed by atoms with Crippen LogP contribution in [0.5, 0.6) is 5.75 Å². The Kier molecular flexibility index (Phi) is 4.26. The van der Waals surface area contributed by atoms with Gasteiger partial charge in [0.1, 0.15) is 6.29 Å². The van der Waals surface area contributed by atoms with Crippen molar-refractivity contribution in [3.8, 4) is 5.75 Å². The van der Waals surface area contributed by atoms with Crippen molar-refractivity contribution in [1.82, 2.24) is 0 Å². The second-order valence-electron chi connectivity index (χ2n) is 4.29. The van der Waals surface area contributed by atoms with E-state index < -0.39 is 29.9 Å². The van der Waals surface area contributed by atoms with Crippen molar-refractivity contribution in [2.75, 3.05) is 6.61 Å². The van der Waals surface area contributed by atoms with Gasteiger partial charge in [0.15, 0.2) is 24.0 Å². The Morgan fingerprint density at radius 2 is 1.62 bits per heavy atom. The van der Waals surface area contributed by atoms with Crippen LogP contribution in [-0.2, 0) is 5.92 Å². The van der Waals surface area contributed by atoms with Gasteiger partial charge in [-0.2, -0.15) is 8.78 Å². The van der Waals surface area contributed by atoms with Crippen LogP contribution in [0.15, 0.2) is 42.5 Å². The third-order valence-electron chi connectivity index (χ3n) is 2.75. The smallest absolute Gasteiger partial charge is 0.306 e. The van der Waals surface area contributed by atoms with Gasteiger partial charge >= 0.3 is 5.92 Å². The topological polar surface area (TPSA) is 26.3 Å². The van der Waals surface area contributed by atoms with Crippen molar-refractivity contribution in [1.29, 1.82) is 0 Å². The fourth-order valence-electron chi connectivity index (χ4n) is 1.71. The Hall–Kier alpha value is -2.37. The molecule has 21 heavy (non-hydrogen) atoms. The van der Waals surface area contributed by atoms with Crippen molar-refractivity contribution < 1.29 is 27.1 Å². The fraction of sp³-hybridized carbons (Fsp3) is 0.133. The zero-order chi connectivity index (χ0) is 15.5. The normalized spacial score (nSPS) is 11.2. The molecule has 0 spiro atoms. The molecule has 0 heterocycles. The number of carbonyl (C=O) groups excluding carboxylic acids is 1. The summed E-state index contributed by atoms with van der Waals surface area (Å²) in [7, 11) is 0. The number of hydrogen-bond donors (Lipinski definition) is 0. The van der Waals surface area contributed by atoms with E-state index in [1.54, 1.807) is 6.07 Å². The molecule has 0 aliphatic heterocycles. The van der Waals surface area contributed by atoms with Crippen LogP contribution in [0.25, 0.3) is 0 Å². The van der Waals surface area contributed by atoms with E-state index in [4.69, 9.17) is 0 Å². The van der Waals surface area contributed by atoms with Gasteiger partial charge < -0.3 is 4.74 Å². The number of ether oxygens (including phenoxy) is 1. The Morgan fingerprint density at radius 3 is 2.14 bits per heavy atom. The highest BCUT2D eigenvalue weighted by atomic mass is 19.3. The minimum absolute atomic E-state index is 0.243. The van der Waals surface area contributed by atoms with E-state index in [-0.39, 0.29) is 17.4 Å². The van der Waals surface area contributed by atoms with Gasteiger partial charge in [0.05, 0.1) is 0 Å². The lowest BCUT2D eigenvalue weighted by Crippen LogP contribution is -2.23. The molecule has 0 amide bonds. The maximum atomic E-state index is 13.8. The van der Waals surface area contributed by atoms with Gasteiger partial charge in [-0.1, -0.05) is 30.3 Å².